The van der Waals surface area contributed by atoms with Gasteiger partial charge in [0.15, 0.2) is 0 Å². The summed E-state index contributed by atoms with van der Waals surface area (Å²) in [6.45, 7) is 4.04. The van der Waals surface area contributed by atoms with Crippen molar-refractivity contribution in [3.8, 4) is 6.07 Å². The van der Waals surface area contributed by atoms with E-state index in [2.05, 4.69) is 11.9 Å². The molecule has 1 aliphatic heterocycles. The van der Waals surface area contributed by atoms with E-state index in [1.165, 1.54) is 0 Å². The summed E-state index contributed by atoms with van der Waals surface area (Å²) in [5.41, 5.74) is 0.141. The Labute approximate surface area is 96.5 Å². The van der Waals surface area contributed by atoms with Crippen molar-refractivity contribution in [2.75, 3.05) is 26.7 Å². The summed E-state index contributed by atoms with van der Waals surface area (Å²) in [5, 5.41) is 8.89. The molecule has 16 heavy (non-hydrogen) atoms. The lowest BCUT2D eigenvalue weighted by atomic mass is 9.96. The number of hydrogen-bond donors (Lipinski definition) is 0. The number of ether oxygens (including phenoxy) is 1. The Morgan fingerprint density at radius 1 is 1.69 bits per heavy atom. The van der Waals surface area contributed by atoms with Crippen LogP contribution in [-0.2, 0) is 9.53 Å². The number of carbonyl (C=O) groups is 1. The fourth-order valence-corrected chi connectivity index (χ4v) is 1.94. The molecule has 1 atom stereocenters. The Morgan fingerprint density at radius 3 is 3.00 bits per heavy atom. The summed E-state index contributed by atoms with van der Waals surface area (Å²) in [6, 6.07) is 1.92. The smallest absolute Gasteiger partial charge is 0.348 e. The predicted molar refractivity (Wildman–Crippen MR) is 60.6 cm³/mol. The molecule has 0 aliphatic carbocycles. The first-order valence-corrected chi connectivity index (χ1v) is 5.65. The average Bonchev–Trinajstić information content (AvgIpc) is 2.26. The summed E-state index contributed by atoms with van der Waals surface area (Å²) in [7, 11) is 2.05. The number of carbonyl (C=O) groups excluding carboxylic acids is 1. The molecular weight excluding hydrogens is 204 g/mol. The molecule has 88 valence electrons. The van der Waals surface area contributed by atoms with Gasteiger partial charge in [-0.25, -0.2) is 4.79 Å². The van der Waals surface area contributed by atoms with Gasteiger partial charge in [0.1, 0.15) is 11.6 Å². The summed E-state index contributed by atoms with van der Waals surface area (Å²) >= 11 is 0. The van der Waals surface area contributed by atoms with Gasteiger partial charge >= 0.3 is 5.97 Å². The van der Waals surface area contributed by atoms with Gasteiger partial charge in [0.05, 0.1) is 6.61 Å². The van der Waals surface area contributed by atoms with Crippen molar-refractivity contribution in [1.29, 1.82) is 5.26 Å². The molecule has 0 bridgehead atoms. The van der Waals surface area contributed by atoms with Crippen LogP contribution in [0.1, 0.15) is 19.8 Å². The van der Waals surface area contributed by atoms with Crippen LogP contribution in [0, 0.1) is 17.2 Å². The number of esters is 1. The first-order valence-electron chi connectivity index (χ1n) is 5.65. The number of nitriles is 1. The van der Waals surface area contributed by atoms with E-state index in [9.17, 15) is 4.79 Å². The average molecular weight is 222 g/mol. The lowest BCUT2D eigenvalue weighted by Gasteiger charge is -2.27. The van der Waals surface area contributed by atoms with Crippen LogP contribution in [-0.4, -0.2) is 37.6 Å². The Bertz CT molecular complexity index is 317. The van der Waals surface area contributed by atoms with Gasteiger partial charge in [0, 0.05) is 6.54 Å². The van der Waals surface area contributed by atoms with Crippen molar-refractivity contribution in [3.63, 3.8) is 0 Å². The Hall–Kier alpha value is -1.34. The Balaban J connectivity index is 2.64. The molecule has 0 N–H and O–H groups in total. The lowest BCUT2D eigenvalue weighted by molar-refractivity contribution is -0.138. The fourth-order valence-electron chi connectivity index (χ4n) is 1.94. The largest absolute Gasteiger partial charge is 0.462 e. The number of nitrogens with zero attached hydrogens (tertiary/aromatic N) is 2. The number of piperidine rings is 1. The second-order valence-electron chi connectivity index (χ2n) is 4.08. The molecule has 1 saturated heterocycles. The van der Waals surface area contributed by atoms with E-state index in [4.69, 9.17) is 10.00 Å². The summed E-state index contributed by atoms with van der Waals surface area (Å²) in [6.07, 6.45) is 3.90. The highest BCUT2D eigenvalue weighted by atomic mass is 16.5. The summed E-state index contributed by atoms with van der Waals surface area (Å²) in [5.74, 6) is -0.212. The third kappa shape index (κ3) is 3.67. The standard InChI is InChI=1S/C12H18N2O2/c1-3-16-12(15)11(8-13)7-10-5-4-6-14(2)9-10/h7,10H,3-6,9H2,1-2H3/b11-7+/t10-/m1/s1. The minimum Gasteiger partial charge on any atom is -0.462 e. The fraction of sp³-hybridized carbons (Fsp3) is 0.667. The third-order valence-corrected chi connectivity index (χ3v) is 2.68. The van der Waals surface area contributed by atoms with Gasteiger partial charge in [-0.1, -0.05) is 6.08 Å². The molecule has 4 heteroatoms. The van der Waals surface area contributed by atoms with E-state index >= 15 is 0 Å². The quantitative estimate of drug-likeness (QED) is 0.411. The number of hydrogen-bond acceptors (Lipinski definition) is 4. The van der Waals surface area contributed by atoms with E-state index < -0.39 is 5.97 Å². The van der Waals surface area contributed by atoms with E-state index in [0.29, 0.717) is 6.61 Å². The second kappa shape index (κ2) is 6.29. The molecule has 0 aromatic rings. The predicted octanol–water partition coefficient (Wildman–Crippen LogP) is 1.34. The van der Waals surface area contributed by atoms with Gasteiger partial charge in [0.2, 0.25) is 0 Å². The zero-order valence-electron chi connectivity index (χ0n) is 9.90. The van der Waals surface area contributed by atoms with Gasteiger partial charge in [-0.2, -0.15) is 5.26 Å². The van der Waals surface area contributed by atoms with E-state index in [1.54, 1.807) is 13.0 Å². The van der Waals surface area contributed by atoms with Gasteiger partial charge in [0.25, 0.3) is 0 Å². The number of likely N-dealkylation sites (tertiary alicyclic amines) is 1. The molecule has 0 amide bonds. The zero-order valence-corrected chi connectivity index (χ0v) is 9.90. The molecule has 0 radical (unpaired) electrons. The van der Waals surface area contributed by atoms with Crippen LogP contribution in [0.2, 0.25) is 0 Å². The normalized spacial score (nSPS) is 22.6. The second-order valence-corrected chi connectivity index (χ2v) is 4.08. The van der Waals surface area contributed by atoms with Gasteiger partial charge < -0.3 is 9.64 Å². The topological polar surface area (TPSA) is 53.3 Å². The molecule has 1 rings (SSSR count). The summed E-state index contributed by atoms with van der Waals surface area (Å²) in [4.78, 5) is 13.6. The van der Waals surface area contributed by atoms with Gasteiger partial charge in [-0.3, -0.25) is 0 Å². The minimum absolute atomic E-state index is 0.141. The zero-order chi connectivity index (χ0) is 12.0. The molecule has 0 unspecified atom stereocenters. The van der Waals surface area contributed by atoms with Crippen molar-refractivity contribution in [1.82, 2.24) is 4.90 Å². The molecular formula is C12H18N2O2. The highest BCUT2D eigenvalue weighted by Gasteiger charge is 2.18. The highest BCUT2D eigenvalue weighted by Crippen LogP contribution is 2.18. The van der Waals surface area contributed by atoms with Gasteiger partial charge in [-0.05, 0) is 39.3 Å². The monoisotopic (exact) mass is 222 g/mol. The van der Waals surface area contributed by atoms with Crippen molar-refractivity contribution < 1.29 is 9.53 Å². The molecule has 4 nitrogen and oxygen atoms in total. The van der Waals surface area contributed by atoms with Crippen LogP contribution in [0.5, 0.6) is 0 Å². The number of rotatable bonds is 3. The van der Waals surface area contributed by atoms with Crippen molar-refractivity contribution in [2.45, 2.75) is 19.8 Å². The molecule has 0 aromatic carbocycles. The van der Waals surface area contributed by atoms with Crippen molar-refractivity contribution >= 4 is 5.97 Å². The minimum atomic E-state index is -0.502. The SMILES string of the molecule is CCOC(=O)/C(C#N)=C/[C@H]1CCCN(C)C1. The summed E-state index contributed by atoms with van der Waals surface area (Å²) < 4.78 is 4.82. The van der Waals surface area contributed by atoms with Crippen molar-refractivity contribution in [2.24, 2.45) is 5.92 Å². The van der Waals surface area contributed by atoms with E-state index in [0.717, 1.165) is 25.9 Å². The lowest BCUT2D eigenvalue weighted by Crippen LogP contribution is -2.31. The van der Waals surface area contributed by atoms with Crippen LogP contribution in [0.25, 0.3) is 0 Å². The Morgan fingerprint density at radius 2 is 2.44 bits per heavy atom. The van der Waals surface area contributed by atoms with Crippen molar-refractivity contribution in [3.05, 3.63) is 11.6 Å². The molecule has 0 aromatic heterocycles. The van der Waals surface area contributed by atoms with E-state index in [1.807, 2.05) is 6.07 Å². The maximum absolute atomic E-state index is 11.4. The Kier molecular flexibility index (Phi) is 5.00. The van der Waals surface area contributed by atoms with Crippen LogP contribution in [0.4, 0.5) is 0 Å². The van der Waals surface area contributed by atoms with Crippen LogP contribution in [0.15, 0.2) is 11.6 Å². The molecule has 0 spiro atoms. The third-order valence-electron chi connectivity index (χ3n) is 2.68. The maximum Gasteiger partial charge on any atom is 0.348 e. The van der Waals surface area contributed by atoms with Crippen LogP contribution >= 0.6 is 0 Å². The first-order chi connectivity index (χ1) is 7.67. The molecule has 1 heterocycles. The molecule has 1 fully saturated rings. The van der Waals surface area contributed by atoms with Gasteiger partial charge in [-0.15, -0.1) is 0 Å². The molecule has 1 aliphatic rings. The first kappa shape index (κ1) is 12.7. The van der Waals surface area contributed by atoms with E-state index in [-0.39, 0.29) is 11.5 Å². The highest BCUT2D eigenvalue weighted by molar-refractivity contribution is 5.92. The van der Waals surface area contributed by atoms with Crippen LogP contribution < -0.4 is 0 Å². The maximum atomic E-state index is 11.4. The molecule has 0 saturated carbocycles. The van der Waals surface area contributed by atoms with Crippen LogP contribution in [0.3, 0.4) is 0 Å².